The minimum Gasteiger partial charge on any atom is -0.321 e. The average Bonchev–Trinajstić information content (AvgIpc) is 3.26. The number of halogens is 1. The van der Waals surface area contributed by atoms with Gasteiger partial charge in [0.1, 0.15) is 5.82 Å². The maximum Gasteiger partial charge on any atom is 0.276 e. The standard InChI is InChI=1S/C23H19FN4O3S/c1-16-5-11-21(12-6-16)32(30,31)27-19-9-7-18(8-10-19)25-23(29)22-13-14-28(26-22)20-4-2-3-17(24)15-20/h2-15,27H,1H3,(H,25,29). The number of anilines is 2. The number of sulfonamides is 1. The van der Waals surface area contributed by atoms with Crippen molar-refractivity contribution in [1.82, 2.24) is 9.78 Å². The second-order valence-electron chi connectivity index (χ2n) is 7.08. The summed E-state index contributed by atoms with van der Waals surface area (Å²) in [5.74, 6) is -0.852. The van der Waals surface area contributed by atoms with Gasteiger partial charge in [-0.1, -0.05) is 23.8 Å². The maximum atomic E-state index is 13.4. The van der Waals surface area contributed by atoms with Crippen LogP contribution in [-0.4, -0.2) is 24.1 Å². The van der Waals surface area contributed by atoms with Gasteiger partial charge in [0.15, 0.2) is 5.69 Å². The minimum absolute atomic E-state index is 0.151. The molecule has 1 amide bonds. The van der Waals surface area contributed by atoms with Crippen molar-refractivity contribution in [3.63, 3.8) is 0 Å². The topological polar surface area (TPSA) is 93.1 Å². The van der Waals surface area contributed by atoms with Crippen LogP contribution in [0, 0.1) is 12.7 Å². The van der Waals surface area contributed by atoms with Crippen molar-refractivity contribution in [3.8, 4) is 5.69 Å². The highest BCUT2D eigenvalue weighted by Gasteiger charge is 2.14. The first-order valence-electron chi connectivity index (χ1n) is 9.63. The third-order valence-electron chi connectivity index (χ3n) is 4.62. The van der Waals surface area contributed by atoms with Crippen LogP contribution in [0.4, 0.5) is 15.8 Å². The highest BCUT2D eigenvalue weighted by molar-refractivity contribution is 7.92. The molecule has 0 bridgehead atoms. The SMILES string of the molecule is Cc1ccc(S(=O)(=O)Nc2ccc(NC(=O)c3ccn(-c4cccc(F)c4)n3)cc2)cc1. The van der Waals surface area contributed by atoms with Gasteiger partial charge in [0.25, 0.3) is 15.9 Å². The monoisotopic (exact) mass is 450 g/mol. The summed E-state index contributed by atoms with van der Waals surface area (Å²) in [6, 6.07) is 20.2. The summed E-state index contributed by atoms with van der Waals surface area (Å²) in [6.07, 6.45) is 1.56. The van der Waals surface area contributed by atoms with Gasteiger partial charge in [-0.25, -0.2) is 17.5 Å². The van der Waals surface area contributed by atoms with Crippen molar-refractivity contribution in [2.75, 3.05) is 10.0 Å². The molecule has 0 atom stereocenters. The third kappa shape index (κ3) is 4.84. The van der Waals surface area contributed by atoms with Gasteiger partial charge in [0.2, 0.25) is 0 Å². The number of nitrogens with zero attached hydrogens (tertiary/aromatic N) is 2. The summed E-state index contributed by atoms with van der Waals surface area (Å²) in [4.78, 5) is 12.6. The van der Waals surface area contributed by atoms with Crippen LogP contribution in [-0.2, 0) is 10.0 Å². The van der Waals surface area contributed by atoms with Crippen LogP contribution in [0.25, 0.3) is 5.69 Å². The Morgan fingerprint density at radius 3 is 2.31 bits per heavy atom. The molecule has 0 spiro atoms. The molecule has 0 aliphatic carbocycles. The molecular weight excluding hydrogens is 431 g/mol. The molecule has 162 valence electrons. The summed E-state index contributed by atoms with van der Waals surface area (Å²) < 4.78 is 42.3. The van der Waals surface area contributed by atoms with Crippen LogP contribution >= 0.6 is 0 Å². The highest BCUT2D eigenvalue weighted by Crippen LogP contribution is 2.19. The van der Waals surface area contributed by atoms with E-state index in [0.29, 0.717) is 17.1 Å². The number of aromatic nitrogens is 2. The fraction of sp³-hybridized carbons (Fsp3) is 0.0435. The van der Waals surface area contributed by atoms with E-state index in [1.54, 1.807) is 54.7 Å². The zero-order valence-electron chi connectivity index (χ0n) is 17.0. The Morgan fingerprint density at radius 2 is 1.62 bits per heavy atom. The molecule has 0 fully saturated rings. The first-order valence-corrected chi connectivity index (χ1v) is 11.1. The van der Waals surface area contributed by atoms with Crippen molar-refractivity contribution in [1.29, 1.82) is 0 Å². The fourth-order valence-electron chi connectivity index (χ4n) is 2.96. The number of amides is 1. The number of hydrogen-bond acceptors (Lipinski definition) is 4. The van der Waals surface area contributed by atoms with E-state index >= 15 is 0 Å². The van der Waals surface area contributed by atoms with E-state index in [4.69, 9.17) is 0 Å². The van der Waals surface area contributed by atoms with Crippen LogP contribution in [0.2, 0.25) is 0 Å². The van der Waals surface area contributed by atoms with Crippen LogP contribution < -0.4 is 10.0 Å². The fourth-order valence-corrected chi connectivity index (χ4v) is 4.01. The van der Waals surface area contributed by atoms with Crippen LogP contribution in [0.3, 0.4) is 0 Å². The predicted molar refractivity (Wildman–Crippen MR) is 120 cm³/mol. The summed E-state index contributed by atoms with van der Waals surface area (Å²) in [5, 5.41) is 6.87. The zero-order chi connectivity index (χ0) is 22.7. The molecule has 1 aromatic heterocycles. The van der Waals surface area contributed by atoms with Gasteiger partial charge in [0, 0.05) is 17.6 Å². The van der Waals surface area contributed by atoms with Crippen molar-refractivity contribution in [2.24, 2.45) is 0 Å². The van der Waals surface area contributed by atoms with Crippen LogP contribution in [0.1, 0.15) is 16.1 Å². The Hall–Kier alpha value is -3.98. The van der Waals surface area contributed by atoms with E-state index in [1.165, 1.54) is 35.0 Å². The molecule has 3 aromatic carbocycles. The molecule has 9 heteroatoms. The highest BCUT2D eigenvalue weighted by atomic mass is 32.2. The summed E-state index contributed by atoms with van der Waals surface area (Å²) in [7, 11) is -3.71. The molecular formula is C23H19FN4O3S. The molecule has 2 N–H and O–H groups in total. The van der Waals surface area contributed by atoms with Crippen LogP contribution in [0.5, 0.6) is 0 Å². The van der Waals surface area contributed by atoms with Gasteiger partial charge in [-0.2, -0.15) is 5.10 Å². The van der Waals surface area contributed by atoms with Gasteiger partial charge < -0.3 is 5.32 Å². The van der Waals surface area contributed by atoms with Gasteiger partial charge in [-0.05, 0) is 67.6 Å². The van der Waals surface area contributed by atoms with Crippen molar-refractivity contribution in [3.05, 3.63) is 102 Å². The lowest BCUT2D eigenvalue weighted by Crippen LogP contribution is -2.14. The third-order valence-corrected chi connectivity index (χ3v) is 6.02. The summed E-state index contributed by atoms with van der Waals surface area (Å²) in [5.41, 5.74) is 2.44. The number of rotatable bonds is 6. The Balaban J connectivity index is 1.42. The summed E-state index contributed by atoms with van der Waals surface area (Å²) >= 11 is 0. The first-order chi connectivity index (χ1) is 15.3. The molecule has 0 aliphatic rings. The van der Waals surface area contributed by atoms with Gasteiger partial charge in [-0.15, -0.1) is 0 Å². The molecule has 4 aromatic rings. The molecule has 0 radical (unpaired) electrons. The largest absolute Gasteiger partial charge is 0.321 e. The quantitative estimate of drug-likeness (QED) is 0.456. The zero-order valence-corrected chi connectivity index (χ0v) is 17.8. The van der Waals surface area contributed by atoms with E-state index in [1.807, 2.05) is 6.92 Å². The van der Waals surface area contributed by atoms with Gasteiger partial charge >= 0.3 is 0 Å². The minimum atomic E-state index is -3.71. The second-order valence-corrected chi connectivity index (χ2v) is 8.76. The molecule has 0 saturated carbocycles. The number of aryl methyl sites for hydroxylation is 1. The maximum absolute atomic E-state index is 13.4. The van der Waals surface area contributed by atoms with E-state index < -0.39 is 21.7 Å². The van der Waals surface area contributed by atoms with Crippen molar-refractivity contribution in [2.45, 2.75) is 11.8 Å². The molecule has 1 heterocycles. The Morgan fingerprint density at radius 1 is 0.938 bits per heavy atom. The Bertz CT molecular complexity index is 1370. The van der Waals surface area contributed by atoms with Crippen LogP contribution in [0.15, 0.2) is 90.0 Å². The van der Waals surface area contributed by atoms with Gasteiger partial charge in [0.05, 0.1) is 10.6 Å². The number of carbonyl (C=O) groups is 1. The van der Waals surface area contributed by atoms with E-state index in [0.717, 1.165) is 5.56 Å². The predicted octanol–water partition coefficient (Wildman–Crippen LogP) is 4.37. The lowest BCUT2D eigenvalue weighted by Gasteiger charge is -2.09. The van der Waals surface area contributed by atoms with E-state index in [-0.39, 0.29) is 10.6 Å². The molecule has 7 nitrogen and oxygen atoms in total. The number of benzene rings is 3. The van der Waals surface area contributed by atoms with E-state index in [9.17, 15) is 17.6 Å². The number of nitrogens with one attached hydrogen (secondary N) is 2. The number of hydrogen-bond donors (Lipinski definition) is 2. The molecule has 0 unspecified atom stereocenters. The normalized spacial score (nSPS) is 11.2. The average molecular weight is 450 g/mol. The van der Waals surface area contributed by atoms with Crippen molar-refractivity contribution < 1.29 is 17.6 Å². The molecule has 4 rings (SSSR count). The smallest absolute Gasteiger partial charge is 0.276 e. The lowest BCUT2D eigenvalue weighted by atomic mass is 10.2. The second kappa shape index (κ2) is 8.64. The Labute approximate surface area is 184 Å². The molecule has 0 saturated heterocycles. The summed E-state index contributed by atoms with van der Waals surface area (Å²) in [6.45, 7) is 1.88. The molecule has 32 heavy (non-hydrogen) atoms. The van der Waals surface area contributed by atoms with Crippen molar-refractivity contribution >= 4 is 27.3 Å². The molecule has 0 aliphatic heterocycles. The Kier molecular flexibility index (Phi) is 5.74. The first kappa shape index (κ1) is 21.3. The number of carbonyl (C=O) groups excluding carboxylic acids is 1. The lowest BCUT2D eigenvalue weighted by molar-refractivity contribution is 0.102. The van der Waals surface area contributed by atoms with Gasteiger partial charge in [-0.3, -0.25) is 9.52 Å². The van der Waals surface area contributed by atoms with E-state index in [2.05, 4.69) is 15.1 Å².